The summed E-state index contributed by atoms with van der Waals surface area (Å²) in [6.45, 7) is 2.14. The summed E-state index contributed by atoms with van der Waals surface area (Å²) in [5.74, 6) is 0.967. The van der Waals surface area contributed by atoms with E-state index in [1.54, 1.807) is 0 Å². The average molecular weight is 296 g/mol. The van der Waals surface area contributed by atoms with Crippen molar-refractivity contribution in [3.8, 4) is 0 Å². The minimum Gasteiger partial charge on any atom is -0.317 e. The van der Waals surface area contributed by atoms with Crippen LogP contribution in [0.2, 0.25) is 0 Å². The van der Waals surface area contributed by atoms with E-state index in [2.05, 4.69) is 33.8 Å². The molecule has 1 fully saturated rings. The molecule has 0 amide bonds. The summed E-state index contributed by atoms with van der Waals surface area (Å²) in [6.07, 6.45) is 5.06. The van der Waals surface area contributed by atoms with Crippen LogP contribution in [0, 0.1) is 11.7 Å². The van der Waals surface area contributed by atoms with E-state index in [-0.39, 0.29) is 11.9 Å². The smallest absolute Gasteiger partial charge is 0.123 e. The predicted octanol–water partition coefficient (Wildman–Crippen LogP) is 3.46. The van der Waals surface area contributed by atoms with Gasteiger partial charge in [0, 0.05) is 17.9 Å². The highest BCUT2D eigenvalue weighted by molar-refractivity contribution is 7.17. The van der Waals surface area contributed by atoms with E-state index in [0.29, 0.717) is 17.7 Å². The molecule has 1 saturated carbocycles. The zero-order valence-electron chi connectivity index (χ0n) is 12.4. The first-order valence-electron chi connectivity index (χ1n) is 7.54. The van der Waals surface area contributed by atoms with Gasteiger partial charge in [0.2, 0.25) is 0 Å². The zero-order chi connectivity index (χ0) is 14.5. The molecule has 4 heteroatoms. The Labute approximate surface area is 124 Å². The molecule has 0 bridgehead atoms. The van der Waals surface area contributed by atoms with Crippen LogP contribution in [0.25, 0.3) is 0 Å². The molecule has 0 aromatic heterocycles. The largest absolute Gasteiger partial charge is 0.317 e. The third-order valence-electron chi connectivity index (χ3n) is 4.50. The van der Waals surface area contributed by atoms with Gasteiger partial charge in [-0.25, -0.2) is 4.39 Å². The Balaban J connectivity index is 1.84. The Morgan fingerprint density at radius 2 is 1.75 bits per heavy atom. The molecule has 1 aliphatic rings. The van der Waals surface area contributed by atoms with Crippen LogP contribution >= 0.6 is 9.24 Å². The monoisotopic (exact) mass is 296 g/mol. The van der Waals surface area contributed by atoms with Gasteiger partial charge in [-0.1, -0.05) is 12.1 Å². The van der Waals surface area contributed by atoms with Gasteiger partial charge in [0.15, 0.2) is 0 Å². The summed E-state index contributed by atoms with van der Waals surface area (Å²) < 4.78 is 12.9. The molecule has 2 N–H and O–H groups in total. The molecule has 20 heavy (non-hydrogen) atoms. The highest BCUT2D eigenvalue weighted by Gasteiger charge is 2.25. The lowest BCUT2D eigenvalue weighted by molar-refractivity contribution is 0.272. The minimum atomic E-state index is -0.172. The lowest BCUT2D eigenvalue weighted by Crippen LogP contribution is -2.38. The Kier molecular flexibility index (Phi) is 5.95. The van der Waals surface area contributed by atoms with Crippen LogP contribution in [0.15, 0.2) is 24.3 Å². The maximum absolute atomic E-state index is 12.9. The second-order valence-electron chi connectivity index (χ2n) is 5.87. The maximum atomic E-state index is 12.9. The highest BCUT2D eigenvalue weighted by atomic mass is 31.0. The molecule has 0 aliphatic heterocycles. The van der Waals surface area contributed by atoms with E-state index in [1.165, 1.54) is 37.8 Å². The summed E-state index contributed by atoms with van der Waals surface area (Å²) in [6, 6.07) is 7.73. The Morgan fingerprint density at radius 1 is 1.15 bits per heavy atom. The first-order chi connectivity index (χ1) is 9.60. The van der Waals surface area contributed by atoms with Crippen molar-refractivity contribution in [2.75, 3.05) is 7.05 Å². The fraction of sp³-hybridized carbons (Fsp3) is 0.625. The van der Waals surface area contributed by atoms with Crippen molar-refractivity contribution >= 4 is 9.24 Å². The van der Waals surface area contributed by atoms with Crippen molar-refractivity contribution in [3.05, 3.63) is 35.6 Å². The minimum absolute atomic E-state index is 0.172. The topological polar surface area (TPSA) is 24.1 Å². The fourth-order valence-electron chi connectivity index (χ4n) is 3.04. The molecule has 112 valence electrons. The zero-order valence-corrected chi connectivity index (χ0v) is 13.6. The van der Waals surface area contributed by atoms with Gasteiger partial charge in [-0.15, -0.1) is 9.24 Å². The highest BCUT2D eigenvalue weighted by Crippen LogP contribution is 2.30. The molecule has 0 saturated heterocycles. The number of hydrogen-bond acceptors (Lipinski definition) is 2. The molecule has 0 spiro atoms. The predicted molar refractivity (Wildman–Crippen MR) is 86.3 cm³/mol. The van der Waals surface area contributed by atoms with E-state index in [9.17, 15) is 4.39 Å². The SMILES string of the molecule is CNC1CCC(C(P)N[C@H](C)c2ccc(F)cc2)CC1. The van der Waals surface area contributed by atoms with E-state index in [1.807, 2.05) is 12.1 Å². The standard InChI is InChI=1S/C16H26FN2P/c1-11(12-3-7-14(17)8-4-12)19-16(20)13-5-9-15(18-2)10-6-13/h3-4,7-8,11,13,15-16,18-19H,5-6,9-10,20H2,1-2H3/t11-,13?,15?,16?/m1/s1. The van der Waals surface area contributed by atoms with Crippen molar-refractivity contribution in [2.45, 2.75) is 50.5 Å². The summed E-state index contributed by atoms with van der Waals surface area (Å²) in [4.78, 5) is 0. The summed E-state index contributed by atoms with van der Waals surface area (Å²) in [5.41, 5.74) is 1.14. The van der Waals surface area contributed by atoms with E-state index >= 15 is 0 Å². The average Bonchev–Trinajstić information content (AvgIpc) is 2.48. The molecule has 2 unspecified atom stereocenters. The van der Waals surface area contributed by atoms with Crippen LogP contribution in [-0.2, 0) is 0 Å². The number of benzene rings is 1. The van der Waals surface area contributed by atoms with Crippen LogP contribution < -0.4 is 10.6 Å². The first-order valence-corrected chi connectivity index (χ1v) is 8.21. The van der Waals surface area contributed by atoms with Gasteiger partial charge in [0.25, 0.3) is 0 Å². The fourth-order valence-corrected chi connectivity index (χ4v) is 3.71. The Hall–Kier alpha value is -0.500. The summed E-state index contributed by atoms with van der Waals surface area (Å²) >= 11 is 0. The molecular weight excluding hydrogens is 270 g/mol. The molecule has 0 heterocycles. The van der Waals surface area contributed by atoms with Crippen LogP contribution in [0.4, 0.5) is 4.39 Å². The summed E-state index contributed by atoms with van der Waals surface area (Å²) in [7, 11) is 5.01. The van der Waals surface area contributed by atoms with Gasteiger partial charge in [-0.2, -0.15) is 0 Å². The van der Waals surface area contributed by atoms with Gasteiger partial charge in [0.05, 0.1) is 0 Å². The molecule has 2 nitrogen and oxygen atoms in total. The van der Waals surface area contributed by atoms with Crippen LogP contribution in [0.5, 0.6) is 0 Å². The Morgan fingerprint density at radius 3 is 2.30 bits per heavy atom. The molecule has 1 aliphatic carbocycles. The maximum Gasteiger partial charge on any atom is 0.123 e. The van der Waals surface area contributed by atoms with Crippen molar-refractivity contribution in [3.63, 3.8) is 0 Å². The number of nitrogens with one attached hydrogen (secondary N) is 2. The molecule has 2 rings (SSSR count). The second kappa shape index (κ2) is 7.49. The van der Waals surface area contributed by atoms with Crippen molar-refractivity contribution in [2.24, 2.45) is 5.92 Å². The lowest BCUT2D eigenvalue weighted by Gasteiger charge is -2.34. The Bertz CT molecular complexity index is 401. The van der Waals surface area contributed by atoms with Crippen molar-refractivity contribution in [1.29, 1.82) is 0 Å². The van der Waals surface area contributed by atoms with Crippen LogP contribution in [0.3, 0.4) is 0 Å². The van der Waals surface area contributed by atoms with Crippen molar-refractivity contribution < 1.29 is 4.39 Å². The molecule has 0 radical (unpaired) electrons. The van der Waals surface area contributed by atoms with E-state index < -0.39 is 0 Å². The van der Waals surface area contributed by atoms with Crippen molar-refractivity contribution in [1.82, 2.24) is 10.6 Å². The number of rotatable bonds is 5. The first kappa shape index (κ1) is 15.9. The molecule has 3 atom stereocenters. The van der Waals surface area contributed by atoms with Gasteiger partial charge in [0.1, 0.15) is 5.82 Å². The second-order valence-corrected chi connectivity index (χ2v) is 6.58. The third kappa shape index (κ3) is 4.25. The lowest BCUT2D eigenvalue weighted by atomic mass is 9.85. The van der Waals surface area contributed by atoms with E-state index in [4.69, 9.17) is 0 Å². The molecule has 1 aromatic rings. The summed E-state index contributed by atoms with van der Waals surface area (Å²) in [5, 5.41) is 7.01. The van der Waals surface area contributed by atoms with Crippen LogP contribution in [0.1, 0.15) is 44.2 Å². The van der Waals surface area contributed by atoms with Gasteiger partial charge in [-0.3, -0.25) is 0 Å². The third-order valence-corrected chi connectivity index (χ3v) is 5.24. The van der Waals surface area contributed by atoms with Gasteiger partial charge in [-0.05, 0) is 63.3 Å². The van der Waals surface area contributed by atoms with Crippen LogP contribution in [-0.4, -0.2) is 18.9 Å². The van der Waals surface area contributed by atoms with E-state index in [0.717, 1.165) is 5.56 Å². The number of hydrogen-bond donors (Lipinski definition) is 2. The van der Waals surface area contributed by atoms with Gasteiger partial charge >= 0.3 is 0 Å². The number of halogens is 1. The normalized spacial score (nSPS) is 26.2. The quantitative estimate of drug-likeness (QED) is 0.813. The molecule has 1 aromatic carbocycles. The van der Waals surface area contributed by atoms with Gasteiger partial charge < -0.3 is 10.6 Å². The molecular formula is C16H26FN2P.